The van der Waals surface area contributed by atoms with Crippen LogP contribution in [0.4, 0.5) is 0 Å². The summed E-state index contributed by atoms with van der Waals surface area (Å²) in [4.78, 5) is 9.68. The van der Waals surface area contributed by atoms with Crippen molar-refractivity contribution in [1.82, 2.24) is 0 Å². The average Bonchev–Trinajstić information content (AvgIpc) is 2.19. The molecule has 0 spiro atoms. The van der Waals surface area contributed by atoms with Crippen molar-refractivity contribution in [2.75, 3.05) is 19.5 Å². The van der Waals surface area contributed by atoms with Crippen molar-refractivity contribution >= 4 is 7.49 Å². The summed E-state index contributed by atoms with van der Waals surface area (Å²) < 4.78 is 0. The molecule has 0 heterocycles. The van der Waals surface area contributed by atoms with Crippen LogP contribution < -0.4 is 0 Å². The van der Waals surface area contributed by atoms with Gasteiger partial charge in [-0.05, 0) is 0 Å². The van der Waals surface area contributed by atoms with Gasteiger partial charge in [-0.1, -0.05) is 0 Å². The minimum absolute atomic E-state index is 1.09. The third kappa shape index (κ3) is 14.4. The van der Waals surface area contributed by atoms with Gasteiger partial charge in [-0.3, -0.25) is 0 Å². The van der Waals surface area contributed by atoms with E-state index in [9.17, 15) is 4.89 Å². The second-order valence-electron chi connectivity index (χ2n) is 5.74. The van der Waals surface area contributed by atoms with Crippen molar-refractivity contribution < 1.29 is 4.89 Å². The summed E-state index contributed by atoms with van der Waals surface area (Å²) >= 11 is 0. The summed E-state index contributed by atoms with van der Waals surface area (Å²) in [6, 6.07) is 0. The van der Waals surface area contributed by atoms with Crippen LogP contribution in [0.2, 0.25) is 0 Å². The fourth-order valence-corrected chi connectivity index (χ4v) is 3.16. The van der Waals surface area contributed by atoms with Gasteiger partial charge in [0.1, 0.15) is 0 Å². The van der Waals surface area contributed by atoms with Gasteiger partial charge >= 0.3 is 103 Å². The molecule has 0 fully saturated rings. The second-order valence-corrected chi connectivity index (χ2v) is 9.87. The third-order valence-electron chi connectivity index (χ3n) is 3.14. The Balaban J connectivity index is 2.99. The molecule has 100 valence electrons. The summed E-state index contributed by atoms with van der Waals surface area (Å²) in [5.74, 6) is 0. The van der Waals surface area contributed by atoms with E-state index in [2.05, 4.69) is 6.92 Å². The molecule has 0 aliphatic carbocycles. The number of rotatable bonds is 11. The van der Waals surface area contributed by atoms with Crippen molar-refractivity contribution in [2.24, 2.45) is 0 Å². The van der Waals surface area contributed by atoms with Crippen molar-refractivity contribution in [2.45, 2.75) is 71.1 Å². The molecule has 0 saturated carbocycles. The molecule has 2 heteroatoms. The molecule has 0 aliphatic rings. The summed E-state index contributed by atoms with van der Waals surface area (Å²) in [5.41, 5.74) is 0. The quantitative estimate of drug-likeness (QED) is 0.410. The van der Waals surface area contributed by atoms with E-state index in [0.717, 1.165) is 6.16 Å². The van der Waals surface area contributed by atoms with E-state index in [1.54, 1.807) is 0 Å². The fraction of sp³-hybridized carbons (Fsp3) is 1.00. The molecule has 1 nitrogen and oxygen atoms in total. The fourth-order valence-electron chi connectivity index (χ4n) is 2.05. The van der Waals surface area contributed by atoms with E-state index in [1.165, 1.54) is 64.2 Å². The molecule has 1 N–H and O–H groups in total. The zero-order valence-electron chi connectivity index (χ0n) is 11.7. The first-order valence-electron chi connectivity index (χ1n) is 7.28. The minimum atomic E-state index is -1.75. The molecular weight excluding hydrogens is 215 g/mol. The third-order valence-corrected chi connectivity index (χ3v) is 4.72. The van der Waals surface area contributed by atoms with E-state index in [4.69, 9.17) is 0 Å². The number of unbranched alkanes of at least 4 members (excludes halogenated alkanes) is 9. The van der Waals surface area contributed by atoms with Crippen LogP contribution in [-0.2, 0) is 0 Å². The Morgan fingerprint density at radius 1 is 0.688 bits per heavy atom. The SMILES string of the molecule is CCCCCCCCCCCC[PH](C)(C)O. The Hall–Kier alpha value is 0.390. The Bertz CT molecular complexity index is 140. The first kappa shape index (κ1) is 16.4. The van der Waals surface area contributed by atoms with E-state index < -0.39 is 7.49 Å². The van der Waals surface area contributed by atoms with E-state index in [0.29, 0.717) is 0 Å². The van der Waals surface area contributed by atoms with Gasteiger partial charge in [0.25, 0.3) is 0 Å². The van der Waals surface area contributed by atoms with Crippen molar-refractivity contribution in [1.29, 1.82) is 0 Å². The van der Waals surface area contributed by atoms with Crippen molar-refractivity contribution in [3.8, 4) is 0 Å². The summed E-state index contributed by atoms with van der Waals surface area (Å²) in [6.45, 7) is 6.35. The Labute approximate surface area is 103 Å². The summed E-state index contributed by atoms with van der Waals surface area (Å²) in [7, 11) is -1.75. The van der Waals surface area contributed by atoms with Crippen LogP contribution in [0.5, 0.6) is 0 Å². The molecule has 0 aliphatic heterocycles. The zero-order valence-corrected chi connectivity index (χ0v) is 12.7. The van der Waals surface area contributed by atoms with Gasteiger partial charge in [0.15, 0.2) is 0 Å². The monoisotopic (exact) mass is 248 g/mol. The summed E-state index contributed by atoms with van der Waals surface area (Å²) in [5, 5.41) is 0. The molecule has 0 aromatic rings. The second kappa shape index (κ2) is 10.5. The molecular formula is C14H33OP. The van der Waals surface area contributed by atoms with Crippen molar-refractivity contribution in [3.05, 3.63) is 0 Å². The molecule has 0 aromatic heterocycles. The molecule has 0 unspecified atom stereocenters. The molecule has 16 heavy (non-hydrogen) atoms. The first-order valence-corrected chi connectivity index (χ1v) is 10.4. The van der Waals surface area contributed by atoms with Gasteiger partial charge < -0.3 is 0 Å². The predicted octanol–water partition coefficient (Wildman–Crippen LogP) is 4.82. The standard InChI is InChI=1S/C14H33OP/c1-4-5-6-7-8-9-10-11-12-13-14-16(2,3)15/h15-16H,4-14H2,1-3H3. The first-order chi connectivity index (χ1) is 7.56. The predicted molar refractivity (Wildman–Crippen MR) is 79.1 cm³/mol. The van der Waals surface area contributed by atoms with Gasteiger partial charge in [-0.25, -0.2) is 0 Å². The number of hydrogen-bond donors (Lipinski definition) is 1. The van der Waals surface area contributed by atoms with Crippen LogP contribution in [0.1, 0.15) is 71.1 Å². The van der Waals surface area contributed by atoms with Crippen LogP contribution in [-0.4, -0.2) is 24.4 Å². The van der Waals surface area contributed by atoms with Gasteiger partial charge in [0.2, 0.25) is 0 Å². The molecule has 0 amide bonds. The maximum absolute atomic E-state index is 9.68. The molecule has 0 radical (unpaired) electrons. The van der Waals surface area contributed by atoms with Gasteiger partial charge in [-0.15, -0.1) is 0 Å². The van der Waals surface area contributed by atoms with E-state index in [1.807, 2.05) is 13.3 Å². The van der Waals surface area contributed by atoms with Gasteiger partial charge in [0, 0.05) is 0 Å². The van der Waals surface area contributed by atoms with Crippen molar-refractivity contribution in [3.63, 3.8) is 0 Å². The van der Waals surface area contributed by atoms with Gasteiger partial charge in [-0.2, -0.15) is 0 Å². The average molecular weight is 248 g/mol. The van der Waals surface area contributed by atoms with E-state index in [-0.39, 0.29) is 0 Å². The molecule has 0 rings (SSSR count). The summed E-state index contributed by atoms with van der Waals surface area (Å²) in [6.07, 6.45) is 14.9. The topological polar surface area (TPSA) is 20.2 Å². The van der Waals surface area contributed by atoms with Crippen LogP contribution in [0, 0.1) is 0 Å². The zero-order chi connectivity index (χ0) is 12.3. The van der Waals surface area contributed by atoms with Crippen LogP contribution in [0.3, 0.4) is 0 Å². The normalized spacial score (nSPS) is 13.0. The molecule has 0 saturated heterocycles. The maximum atomic E-state index is 9.68. The Morgan fingerprint density at radius 2 is 1.06 bits per heavy atom. The molecule has 0 bridgehead atoms. The Kier molecular flexibility index (Phi) is 10.8. The van der Waals surface area contributed by atoms with E-state index >= 15 is 0 Å². The van der Waals surface area contributed by atoms with Gasteiger partial charge in [0.05, 0.1) is 0 Å². The number of hydrogen-bond acceptors (Lipinski definition) is 1. The van der Waals surface area contributed by atoms with Crippen LogP contribution in [0.25, 0.3) is 0 Å². The van der Waals surface area contributed by atoms with Crippen LogP contribution in [0.15, 0.2) is 0 Å². The molecule has 0 aromatic carbocycles. The Morgan fingerprint density at radius 3 is 1.44 bits per heavy atom. The van der Waals surface area contributed by atoms with Crippen LogP contribution >= 0.6 is 7.49 Å². The molecule has 0 atom stereocenters.